The van der Waals surface area contributed by atoms with E-state index in [1.165, 1.54) is 24.3 Å². The van der Waals surface area contributed by atoms with Crippen LogP contribution in [0.1, 0.15) is 36.0 Å². The molecule has 142 valence electrons. The zero-order valence-corrected chi connectivity index (χ0v) is 15.2. The second-order valence-corrected chi connectivity index (χ2v) is 6.88. The maximum absolute atomic E-state index is 12.9. The second kappa shape index (κ2) is 9.26. The van der Waals surface area contributed by atoms with Gasteiger partial charge in [-0.1, -0.05) is 6.07 Å². The van der Waals surface area contributed by atoms with Crippen LogP contribution in [-0.2, 0) is 4.79 Å². The van der Waals surface area contributed by atoms with E-state index in [1.807, 2.05) is 18.2 Å². The molecule has 6 heteroatoms. The van der Waals surface area contributed by atoms with Crippen molar-refractivity contribution in [3.63, 3.8) is 0 Å². The summed E-state index contributed by atoms with van der Waals surface area (Å²) in [5, 5.41) is 2.94. The van der Waals surface area contributed by atoms with Crippen LogP contribution in [-0.4, -0.2) is 36.3 Å². The molecule has 1 amide bonds. The van der Waals surface area contributed by atoms with Crippen molar-refractivity contribution in [1.82, 2.24) is 10.3 Å². The van der Waals surface area contributed by atoms with Gasteiger partial charge in [-0.05, 0) is 55.2 Å². The summed E-state index contributed by atoms with van der Waals surface area (Å²) in [7, 11) is 0. The summed E-state index contributed by atoms with van der Waals surface area (Å²) in [6.07, 6.45) is 4.20. The van der Waals surface area contributed by atoms with Gasteiger partial charge in [0, 0.05) is 44.2 Å². The molecule has 1 aromatic heterocycles. The van der Waals surface area contributed by atoms with Crippen LogP contribution in [0.25, 0.3) is 0 Å². The zero-order valence-electron chi connectivity index (χ0n) is 15.2. The molecule has 0 aliphatic carbocycles. The molecule has 1 saturated heterocycles. The third-order valence-corrected chi connectivity index (χ3v) is 4.83. The summed E-state index contributed by atoms with van der Waals surface area (Å²) >= 11 is 0. The molecule has 2 heterocycles. The van der Waals surface area contributed by atoms with Gasteiger partial charge in [0.2, 0.25) is 5.91 Å². The highest BCUT2D eigenvalue weighted by Gasteiger charge is 2.21. The number of benzene rings is 1. The van der Waals surface area contributed by atoms with E-state index >= 15 is 0 Å². The number of aromatic nitrogens is 1. The average Bonchev–Trinajstić information content (AvgIpc) is 2.72. The Kier molecular flexibility index (Phi) is 6.52. The van der Waals surface area contributed by atoms with Crippen molar-refractivity contribution >= 4 is 17.5 Å². The van der Waals surface area contributed by atoms with E-state index in [0.717, 1.165) is 31.7 Å². The van der Waals surface area contributed by atoms with Gasteiger partial charge in [-0.25, -0.2) is 9.37 Å². The maximum atomic E-state index is 12.9. The second-order valence-electron chi connectivity index (χ2n) is 6.88. The number of carbonyl (C=O) groups excluding carboxylic acids is 2. The Labute approximate surface area is 158 Å². The van der Waals surface area contributed by atoms with Gasteiger partial charge in [-0.3, -0.25) is 9.59 Å². The first kappa shape index (κ1) is 19.0. The smallest absolute Gasteiger partial charge is 0.220 e. The lowest BCUT2D eigenvalue weighted by molar-refractivity contribution is -0.121. The largest absolute Gasteiger partial charge is 0.356 e. The molecule has 1 aliphatic rings. The standard InChI is InChI=1S/C21H24FN3O2/c22-18-8-6-17(7-9-18)19(26)10-11-21(27)24-14-16-4-3-13-25(15-16)20-5-1-2-12-23-20/h1-2,5-9,12,16H,3-4,10-11,13-15H2,(H,24,27). The van der Waals surface area contributed by atoms with Crippen molar-refractivity contribution in [3.8, 4) is 0 Å². The number of pyridine rings is 1. The summed E-state index contributed by atoms with van der Waals surface area (Å²) < 4.78 is 12.9. The Morgan fingerprint density at radius 1 is 1.15 bits per heavy atom. The maximum Gasteiger partial charge on any atom is 0.220 e. The highest BCUT2D eigenvalue weighted by Crippen LogP contribution is 2.20. The molecular weight excluding hydrogens is 345 g/mol. The number of hydrogen-bond acceptors (Lipinski definition) is 4. The lowest BCUT2D eigenvalue weighted by atomic mass is 9.98. The SMILES string of the molecule is O=C(CCC(=O)c1ccc(F)cc1)NCC1CCCN(c2ccccn2)C1. The van der Waals surface area contributed by atoms with Crippen LogP contribution in [0.3, 0.4) is 0 Å². The number of Topliss-reactive ketones (excluding diaryl/α,β-unsaturated/α-hetero) is 1. The van der Waals surface area contributed by atoms with Gasteiger partial charge in [-0.15, -0.1) is 0 Å². The van der Waals surface area contributed by atoms with Crippen LogP contribution in [0.2, 0.25) is 0 Å². The van der Waals surface area contributed by atoms with Crippen LogP contribution in [0.15, 0.2) is 48.7 Å². The third kappa shape index (κ3) is 5.61. The third-order valence-electron chi connectivity index (χ3n) is 4.83. The fraction of sp³-hybridized carbons (Fsp3) is 0.381. The van der Waals surface area contributed by atoms with Crippen LogP contribution in [0, 0.1) is 11.7 Å². The van der Waals surface area contributed by atoms with E-state index < -0.39 is 0 Å². The van der Waals surface area contributed by atoms with Crippen molar-refractivity contribution in [3.05, 3.63) is 60.0 Å². The van der Waals surface area contributed by atoms with Gasteiger partial charge in [-0.2, -0.15) is 0 Å². The number of amides is 1. The van der Waals surface area contributed by atoms with Crippen molar-refractivity contribution in [2.24, 2.45) is 5.92 Å². The molecule has 2 aromatic rings. The first-order valence-corrected chi connectivity index (χ1v) is 9.33. The molecule has 0 radical (unpaired) electrons. The predicted molar refractivity (Wildman–Crippen MR) is 102 cm³/mol. The van der Waals surface area contributed by atoms with E-state index in [-0.39, 0.29) is 30.3 Å². The summed E-state index contributed by atoms with van der Waals surface area (Å²) in [6, 6.07) is 11.3. The minimum atomic E-state index is -0.378. The molecule has 3 rings (SSSR count). The van der Waals surface area contributed by atoms with E-state index in [2.05, 4.69) is 15.2 Å². The average molecular weight is 369 g/mol. The fourth-order valence-electron chi connectivity index (χ4n) is 3.33. The van der Waals surface area contributed by atoms with Crippen molar-refractivity contribution < 1.29 is 14.0 Å². The molecule has 0 saturated carbocycles. The first-order valence-electron chi connectivity index (χ1n) is 9.33. The number of hydrogen-bond donors (Lipinski definition) is 1. The highest BCUT2D eigenvalue weighted by molar-refractivity contribution is 5.97. The molecule has 5 nitrogen and oxygen atoms in total. The van der Waals surface area contributed by atoms with Gasteiger partial charge >= 0.3 is 0 Å². The topological polar surface area (TPSA) is 62.3 Å². The van der Waals surface area contributed by atoms with E-state index in [0.29, 0.717) is 18.0 Å². The Bertz CT molecular complexity index is 765. The van der Waals surface area contributed by atoms with Gasteiger partial charge in [0.05, 0.1) is 0 Å². The Morgan fingerprint density at radius 3 is 2.70 bits per heavy atom. The van der Waals surface area contributed by atoms with Crippen molar-refractivity contribution in [1.29, 1.82) is 0 Å². The minimum Gasteiger partial charge on any atom is -0.356 e. The highest BCUT2D eigenvalue weighted by atomic mass is 19.1. The Balaban J connectivity index is 1.41. The number of piperidine rings is 1. The molecule has 1 atom stereocenters. The first-order chi connectivity index (χ1) is 13.1. The van der Waals surface area contributed by atoms with Gasteiger partial charge in [0.25, 0.3) is 0 Å². The summed E-state index contributed by atoms with van der Waals surface area (Å²) in [5.41, 5.74) is 0.433. The molecule has 1 aromatic carbocycles. The molecule has 0 spiro atoms. The molecule has 0 bridgehead atoms. The number of nitrogens with zero attached hydrogens (tertiary/aromatic N) is 2. The van der Waals surface area contributed by atoms with Crippen LogP contribution in [0.4, 0.5) is 10.2 Å². The van der Waals surface area contributed by atoms with E-state index in [1.54, 1.807) is 6.20 Å². The van der Waals surface area contributed by atoms with E-state index in [4.69, 9.17) is 0 Å². The molecule has 1 fully saturated rings. The molecule has 1 N–H and O–H groups in total. The summed E-state index contributed by atoms with van der Waals surface area (Å²) in [6.45, 7) is 2.45. The number of anilines is 1. The van der Waals surface area contributed by atoms with Gasteiger partial charge in [0.1, 0.15) is 11.6 Å². The Hall–Kier alpha value is -2.76. The Morgan fingerprint density at radius 2 is 1.96 bits per heavy atom. The normalized spacial score (nSPS) is 16.8. The quantitative estimate of drug-likeness (QED) is 0.761. The fourth-order valence-corrected chi connectivity index (χ4v) is 3.33. The molecule has 1 aliphatic heterocycles. The predicted octanol–water partition coefficient (Wildman–Crippen LogP) is 3.22. The number of carbonyl (C=O) groups is 2. The number of ketones is 1. The monoisotopic (exact) mass is 369 g/mol. The number of halogens is 1. The van der Waals surface area contributed by atoms with Crippen molar-refractivity contribution in [2.45, 2.75) is 25.7 Å². The number of rotatable bonds is 7. The summed E-state index contributed by atoms with van der Waals surface area (Å²) in [5.74, 6) is 0.692. The summed E-state index contributed by atoms with van der Waals surface area (Å²) in [4.78, 5) is 30.8. The lowest BCUT2D eigenvalue weighted by Crippen LogP contribution is -2.41. The molecule has 1 unspecified atom stereocenters. The lowest BCUT2D eigenvalue weighted by Gasteiger charge is -2.33. The molecule has 27 heavy (non-hydrogen) atoms. The minimum absolute atomic E-state index is 0.125. The van der Waals surface area contributed by atoms with Crippen LogP contribution in [0.5, 0.6) is 0 Å². The van der Waals surface area contributed by atoms with E-state index in [9.17, 15) is 14.0 Å². The van der Waals surface area contributed by atoms with Crippen LogP contribution < -0.4 is 10.2 Å². The van der Waals surface area contributed by atoms with Crippen molar-refractivity contribution in [2.75, 3.05) is 24.5 Å². The zero-order chi connectivity index (χ0) is 19.1. The van der Waals surface area contributed by atoms with Gasteiger partial charge < -0.3 is 10.2 Å². The molecular formula is C21H24FN3O2. The van der Waals surface area contributed by atoms with Gasteiger partial charge in [0.15, 0.2) is 5.78 Å². The number of nitrogens with one attached hydrogen (secondary N) is 1. The van der Waals surface area contributed by atoms with Crippen LogP contribution >= 0.6 is 0 Å².